The molecular weight excluding hydrogens is 238 g/mol. The van der Waals surface area contributed by atoms with Crippen molar-refractivity contribution in [3.63, 3.8) is 0 Å². The molecule has 0 atom stereocenters. The standard InChI is InChI=1S/C10H21N3O3Si/c1-17(2,3)5-4-16-8-13-10(12-15)6-9(7-14)11-13/h6,12,14-15H,4-5,7-8H2,1-3H3. The summed E-state index contributed by atoms with van der Waals surface area (Å²) in [6.07, 6.45) is 0. The number of aliphatic hydroxyl groups is 1. The zero-order valence-electron chi connectivity index (χ0n) is 10.6. The molecule has 0 aliphatic rings. The van der Waals surface area contributed by atoms with Gasteiger partial charge in [0, 0.05) is 20.7 Å². The van der Waals surface area contributed by atoms with Crippen molar-refractivity contribution in [2.75, 3.05) is 12.1 Å². The van der Waals surface area contributed by atoms with Gasteiger partial charge in [0.1, 0.15) is 6.73 Å². The molecular formula is C10H21N3O3Si. The Kier molecular flexibility index (Phi) is 5.13. The summed E-state index contributed by atoms with van der Waals surface area (Å²) in [6.45, 7) is 7.66. The lowest BCUT2D eigenvalue weighted by molar-refractivity contribution is 0.0783. The Labute approximate surface area is 102 Å². The summed E-state index contributed by atoms with van der Waals surface area (Å²) in [4.78, 5) is 0. The number of hydrogen-bond acceptors (Lipinski definition) is 5. The number of rotatable bonds is 7. The van der Waals surface area contributed by atoms with E-state index in [1.165, 1.54) is 4.68 Å². The van der Waals surface area contributed by atoms with E-state index in [1.807, 2.05) is 5.48 Å². The minimum absolute atomic E-state index is 0.156. The van der Waals surface area contributed by atoms with Crippen LogP contribution < -0.4 is 5.48 Å². The smallest absolute Gasteiger partial charge is 0.150 e. The third-order valence-corrected chi connectivity index (χ3v) is 4.02. The van der Waals surface area contributed by atoms with Gasteiger partial charge in [-0.05, 0) is 6.04 Å². The van der Waals surface area contributed by atoms with Gasteiger partial charge in [-0.1, -0.05) is 19.6 Å². The summed E-state index contributed by atoms with van der Waals surface area (Å²) < 4.78 is 6.98. The van der Waals surface area contributed by atoms with E-state index in [-0.39, 0.29) is 13.3 Å². The summed E-state index contributed by atoms with van der Waals surface area (Å²) in [5, 5.41) is 21.9. The molecule has 0 aliphatic heterocycles. The zero-order valence-corrected chi connectivity index (χ0v) is 11.6. The van der Waals surface area contributed by atoms with Crippen molar-refractivity contribution in [2.45, 2.75) is 39.0 Å². The van der Waals surface area contributed by atoms with Crippen molar-refractivity contribution in [3.8, 4) is 0 Å². The van der Waals surface area contributed by atoms with Crippen LogP contribution >= 0.6 is 0 Å². The van der Waals surface area contributed by atoms with Crippen molar-refractivity contribution >= 4 is 13.9 Å². The molecule has 0 bridgehead atoms. The normalized spacial score (nSPS) is 11.8. The number of anilines is 1. The van der Waals surface area contributed by atoms with Crippen LogP contribution in [0.1, 0.15) is 5.69 Å². The maximum Gasteiger partial charge on any atom is 0.150 e. The van der Waals surface area contributed by atoms with Crippen LogP contribution in [0.4, 0.5) is 5.82 Å². The molecule has 0 fully saturated rings. The maximum atomic E-state index is 8.93. The summed E-state index contributed by atoms with van der Waals surface area (Å²) in [5.41, 5.74) is 2.52. The van der Waals surface area contributed by atoms with Crippen LogP contribution in [0.15, 0.2) is 6.07 Å². The lowest BCUT2D eigenvalue weighted by atomic mass is 10.4. The Morgan fingerprint density at radius 3 is 2.71 bits per heavy atom. The molecule has 1 rings (SSSR count). The van der Waals surface area contributed by atoms with Gasteiger partial charge in [-0.3, -0.25) is 10.7 Å². The van der Waals surface area contributed by atoms with E-state index in [9.17, 15) is 0 Å². The zero-order chi connectivity index (χ0) is 12.9. The highest BCUT2D eigenvalue weighted by molar-refractivity contribution is 6.76. The van der Waals surface area contributed by atoms with Crippen molar-refractivity contribution in [1.29, 1.82) is 0 Å². The number of ether oxygens (including phenoxy) is 1. The molecule has 0 saturated carbocycles. The van der Waals surface area contributed by atoms with Gasteiger partial charge in [0.25, 0.3) is 0 Å². The lowest BCUT2D eigenvalue weighted by Crippen LogP contribution is -2.22. The summed E-state index contributed by atoms with van der Waals surface area (Å²) in [7, 11) is -1.08. The van der Waals surface area contributed by atoms with Crippen LogP contribution in [0.2, 0.25) is 25.7 Å². The van der Waals surface area contributed by atoms with Crippen LogP contribution in [0.25, 0.3) is 0 Å². The molecule has 3 N–H and O–H groups in total. The molecule has 0 saturated heterocycles. The SMILES string of the molecule is C[Si](C)(C)CCOCn1nc(CO)cc1NO. The van der Waals surface area contributed by atoms with Crippen molar-refractivity contribution < 1.29 is 15.1 Å². The fourth-order valence-electron chi connectivity index (χ4n) is 1.27. The number of aromatic nitrogens is 2. The maximum absolute atomic E-state index is 8.93. The van der Waals surface area contributed by atoms with Gasteiger partial charge in [0.15, 0.2) is 5.82 Å². The van der Waals surface area contributed by atoms with E-state index in [1.54, 1.807) is 6.07 Å². The fraction of sp³-hybridized carbons (Fsp3) is 0.700. The van der Waals surface area contributed by atoms with Crippen molar-refractivity contribution in [3.05, 3.63) is 11.8 Å². The molecule has 0 unspecified atom stereocenters. The van der Waals surface area contributed by atoms with E-state index in [4.69, 9.17) is 15.1 Å². The molecule has 1 aromatic heterocycles. The highest BCUT2D eigenvalue weighted by atomic mass is 28.3. The number of aliphatic hydroxyl groups excluding tert-OH is 1. The second-order valence-electron chi connectivity index (χ2n) is 5.14. The van der Waals surface area contributed by atoms with Crippen LogP contribution in [-0.4, -0.2) is 34.8 Å². The van der Waals surface area contributed by atoms with Crippen molar-refractivity contribution in [1.82, 2.24) is 9.78 Å². The summed E-state index contributed by atoms with van der Waals surface area (Å²) in [6, 6.07) is 2.66. The number of nitrogens with zero attached hydrogens (tertiary/aromatic N) is 2. The first-order valence-electron chi connectivity index (χ1n) is 5.62. The molecule has 0 aromatic carbocycles. The fourth-order valence-corrected chi connectivity index (χ4v) is 2.02. The molecule has 17 heavy (non-hydrogen) atoms. The Morgan fingerprint density at radius 1 is 1.47 bits per heavy atom. The summed E-state index contributed by atoms with van der Waals surface area (Å²) >= 11 is 0. The molecule has 0 aliphatic carbocycles. The van der Waals surface area contributed by atoms with Gasteiger partial charge < -0.3 is 9.84 Å². The van der Waals surface area contributed by atoms with Gasteiger partial charge >= 0.3 is 0 Å². The third-order valence-electron chi connectivity index (χ3n) is 2.32. The van der Waals surface area contributed by atoms with E-state index in [0.717, 1.165) is 6.04 Å². The van der Waals surface area contributed by atoms with Crippen LogP contribution in [-0.2, 0) is 18.1 Å². The molecule has 0 spiro atoms. The molecule has 6 nitrogen and oxygen atoms in total. The first-order valence-corrected chi connectivity index (χ1v) is 9.32. The second kappa shape index (κ2) is 6.15. The molecule has 1 heterocycles. The topological polar surface area (TPSA) is 79.5 Å². The van der Waals surface area contributed by atoms with Crippen LogP contribution in [0.3, 0.4) is 0 Å². The number of nitrogens with one attached hydrogen (secondary N) is 1. The first kappa shape index (κ1) is 14.2. The van der Waals surface area contributed by atoms with E-state index in [2.05, 4.69) is 24.7 Å². The van der Waals surface area contributed by atoms with Crippen LogP contribution in [0, 0.1) is 0 Å². The second-order valence-corrected chi connectivity index (χ2v) is 10.8. The lowest BCUT2D eigenvalue weighted by Gasteiger charge is -2.15. The van der Waals surface area contributed by atoms with Gasteiger partial charge in [0.05, 0.1) is 12.3 Å². The highest BCUT2D eigenvalue weighted by Crippen LogP contribution is 2.11. The third kappa shape index (κ3) is 4.86. The van der Waals surface area contributed by atoms with E-state index < -0.39 is 8.07 Å². The number of hydrogen-bond donors (Lipinski definition) is 3. The Morgan fingerprint density at radius 2 is 2.18 bits per heavy atom. The molecule has 0 radical (unpaired) electrons. The largest absolute Gasteiger partial charge is 0.390 e. The Bertz CT molecular complexity index is 349. The molecule has 1 aromatic rings. The Hall–Kier alpha value is -0.893. The van der Waals surface area contributed by atoms with Crippen LogP contribution in [0.5, 0.6) is 0 Å². The molecule has 98 valence electrons. The van der Waals surface area contributed by atoms with Gasteiger partial charge in [0.2, 0.25) is 0 Å². The van der Waals surface area contributed by atoms with Gasteiger partial charge in [-0.15, -0.1) is 0 Å². The molecule has 0 amide bonds. The van der Waals surface area contributed by atoms with E-state index >= 15 is 0 Å². The predicted molar refractivity (Wildman–Crippen MR) is 67.7 cm³/mol. The molecule has 7 heteroatoms. The van der Waals surface area contributed by atoms with E-state index in [0.29, 0.717) is 18.1 Å². The quantitative estimate of drug-likeness (QED) is 0.393. The van der Waals surface area contributed by atoms with Crippen molar-refractivity contribution in [2.24, 2.45) is 0 Å². The minimum atomic E-state index is -1.08. The highest BCUT2D eigenvalue weighted by Gasteiger charge is 2.12. The monoisotopic (exact) mass is 259 g/mol. The average Bonchev–Trinajstić information content (AvgIpc) is 2.65. The Balaban J connectivity index is 2.43. The predicted octanol–water partition coefficient (Wildman–Crippen LogP) is 1.49. The minimum Gasteiger partial charge on any atom is -0.390 e. The van der Waals surface area contributed by atoms with Gasteiger partial charge in [-0.25, -0.2) is 4.68 Å². The summed E-state index contributed by atoms with van der Waals surface area (Å²) in [5.74, 6) is 0.419. The first-order chi connectivity index (χ1) is 7.96. The average molecular weight is 259 g/mol. The van der Waals surface area contributed by atoms with Gasteiger partial charge in [-0.2, -0.15) is 5.10 Å².